The molecule has 0 bridgehead atoms. The number of carbonyl (C=O) groups is 1. The zero-order valence-electron chi connectivity index (χ0n) is 22.0. The lowest BCUT2D eigenvalue weighted by Crippen LogP contribution is -2.39. The number of alkyl halides is 3. The van der Waals surface area contributed by atoms with Crippen LogP contribution >= 0.6 is 11.3 Å². The minimum Gasteiger partial charge on any atom is -0.406 e. The van der Waals surface area contributed by atoms with Crippen molar-refractivity contribution in [3.05, 3.63) is 50.7 Å². The lowest BCUT2D eigenvalue weighted by molar-refractivity contribution is -0.274. The Labute approximate surface area is 226 Å². The zero-order valence-corrected chi connectivity index (χ0v) is 22.8. The van der Waals surface area contributed by atoms with Crippen LogP contribution in [0.25, 0.3) is 20.7 Å². The van der Waals surface area contributed by atoms with E-state index in [1.807, 2.05) is 13.8 Å². The molecule has 0 aliphatic carbocycles. The van der Waals surface area contributed by atoms with Crippen LogP contribution in [0.4, 0.5) is 13.2 Å². The molecule has 1 atom stereocenters. The van der Waals surface area contributed by atoms with Crippen LogP contribution in [-0.4, -0.2) is 40.8 Å². The number of fused-ring (bicyclic) bond motifs is 1. The smallest absolute Gasteiger partial charge is 0.406 e. The number of aromatic nitrogens is 2. The number of rotatable bonds is 10. The van der Waals surface area contributed by atoms with Gasteiger partial charge >= 0.3 is 12.1 Å². The lowest BCUT2D eigenvalue weighted by Gasteiger charge is -2.22. The molecule has 1 unspecified atom stereocenters. The lowest BCUT2D eigenvalue weighted by atomic mass is 9.97. The van der Waals surface area contributed by atoms with E-state index < -0.39 is 23.4 Å². The number of ketones is 1. The molecule has 0 spiro atoms. The van der Waals surface area contributed by atoms with E-state index in [0.717, 1.165) is 41.2 Å². The Bertz CT molecular complexity index is 1450. The Morgan fingerprint density at radius 1 is 1.23 bits per heavy atom. The summed E-state index contributed by atoms with van der Waals surface area (Å²) in [5, 5.41) is 0.0847. The summed E-state index contributed by atoms with van der Waals surface area (Å²) in [6, 6.07) is 5.25. The van der Waals surface area contributed by atoms with E-state index in [2.05, 4.69) is 4.74 Å². The minimum atomic E-state index is -4.89. The van der Waals surface area contributed by atoms with Crippen molar-refractivity contribution in [1.82, 2.24) is 9.13 Å². The molecule has 4 rings (SSSR count). The van der Waals surface area contributed by atoms with Crippen LogP contribution in [0.5, 0.6) is 5.75 Å². The summed E-state index contributed by atoms with van der Waals surface area (Å²) in [6.07, 6.45) is -1.89. The molecule has 1 aromatic carbocycles. The van der Waals surface area contributed by atoms with Crippen LogP contribution < -0.4 is 16.0 Å². The fourth-order valence-electron chi connectivity index (χ4n) is 4.60. The highest BCUT2D eigenvalue weighted by Crippen LogP contribution is 2.39. The average Bonchev–Trinajstić information content (AvgIpc) is 3.28. The first-order valence-electron chi connectivity index (χ1n) is 12.8. The van der Waals surface area contributed by atoms with Crippen LogP contribution in [-0.2, 0) is 23.1 Å². The van der Waals surface area contributed by atoms with Gasteiger partial charge in [-0.25, -0.2) is 4.79 Å². The zero-order chi connectivity index (χ0) is 28.3. The van der Waals surface area contributed by atoms with E-state index >= 15 is 0 Å². The molecule has 1 aliphatic rings. The predicted molar refractivity (Wildman–Crippen MR) is 141 cm³/mol. The number of hydrogen-bond donors (Lipinski definition) is 0. The number of ether oxygens (including phenoxy) is 3. The van der Waals surface area contributed by atoms with Gasteiger partial charge in [0.2, 0.25) is 0 Å². The van der Waals surface area contributed by atoms with E-state index in [0.29, 0.717) is 17.9 Å². The Balaban J connectivity index is 1.76. The fraction of sp³-hybridized carbons (Fsp3) is 0.519. The minimum absolute atomic E-state index is 0.0332. The second-order valence-electron chi connectivity index (χ2n) is 9.90. The van der Waals surface area contributed by atoms with Crippen molar-refractivity contribution in [3.8, 4) is 16.2 Å². The maximum Gasteiger partial charge on any atom is 0.573 e. The summed E-state index contributed by atoms with van der Waals surface area (Å²) in [4.78, 5) is 40.9. The third-order valence-corrected chi connectivity index (χ3v) is 7.66. The Morgan fingerprint density at radius 3 is 2.67 bits per heavy atom. The van der Waals surface area contributed by atoms with E-state index in [1.54, 1.807) is 6.07 Å². The number of carbonyl (C=O) groups excluding carboxylic acids is 1. The highest BCUT2D eigenvalue weighted by molar-refractivity contribution is 7.22. The molecule has 39 heavy (non-hydrogen) atoms. The first-order chi connectivity index (χ1) is 18.5. The Kier molecular flexibility index (Phi) is 8.97. The standard InChI is InChI=1S/C27H31F3N2O6S/c1-16(2)14-19(33)21-22-24(34)32(11-7-13-37-20-10-4-5-12-36-20)26(35)31(3)25(22)39-23(21)17-8-6-9-18(15-17)38-27(28,29)30/h6,8-9,15-16,20H,4-5,7,10-14H2,1-3H3. The van der Waals surface area contributed by atoms with Gasteiger partial charge in [0.1, 0.15) is 10.6 Å². The maximum atomic E-state index is 13.7. The molecule has 0 N–H and O–H groups in total. The summed E-state index contributed by atoms with van der Waals surface area (Å²) in [7, 11) is 1.51. The van der Waals surface area contributed by atoms with E-state index in [9.17, 15) is 27.6 Å². The van der Waals surface area contributed by atoms with Crippen LogP contribution in [0.15, 0.2) is 33.9 Å². The van der Waals surface area contributed by atoms with Crippen molar-refractivity contribution in [2.24, 2.45) is 13.0 Å². The number of halogens is 3. The van der Waals surface area contributed by atoms with Crippen LogP contribution in [0.1, 0.15) is 56.3 Å². The number of benzene rings is 1. The second kappa shape index (κ2) is 12.1. The first kappa shape index (κ1) is 29.0. The van der Waals surface area contributed by atoms with Gasteiger partial charge in [-0.15, -0.1) is 24.5 Å². The van der Waals surface area contributed by atoms with Gasteiger partial charge in [0, 0.05) is 31.5 Å². The van der Waals surface area contributed by atoms with E-state index in [1.165, 1.54) is 23.7 Å². The second-order valence-corrected chi connectivity index (χ2v) is 10.9. The number of thiophene rings is 1. The maximum absolute atomic E-state index is 13.7. The molecule has 0 radical (unpaired) electrons. The molecule has 0 saturated carbocycles. The highest BCUT2D eigenvalue weighted by atomic mass is 32.1. The topological polar surface area (TPSA) is 88.8 Å². The number of Topliss-reactive ketones (excluding diaryl/α,β-unsaturated/α-hetero) is 1. The summed E-state index contributed by atoms with van der Waals surface area (Å²) in [6.45, 7) is 4.71. The molecule has 212 valence electrons. The van der Waals surface area contributed by atoms with E-state index in [4.69, 9.17) is 9.47 Å². The van der Waals surface area contributed by atoms with Crippen LogP contribution in [0.3, 0.4) is 0 Å². The van der Waals surface area contributed by atoms with Crippen molar-refractivity contribution in [2.75, 3.05) is 13.2 Å². The monoisotopic (exact) mass is 568 g/mol. The molecule has 1 aliphatic heterocycles. The largest absolute Gasteiger partial charge is 0.573 e. The summed E-state index contributed by atoms with van der Waals surface area (Å²) >= 11 is 1.02. The third-order valence-electron chi connectivity index (χ3n) is 6.34. The molecule has 3 heterocycles. The van der Waals surface area contributed by atoms with Gasteiger partial charge in [-0.3, -0.25) is 18.7 Å². The van der Waals surface area contributed by atoms with Gasteiger partial charge in [0.15, 0.2) is 12.1 Å². The van der Waals surface area contributed by atoms with Gasteiger partial charge in [0.05, 0.1) is 17.6 Å². The van der Waals surface area contributed by atoms with Gasteiger partial charge < -0.3 is 14.2 Å². The molecule has 2 aromatic heterocycles. The van der Waals surface area contributed by atoms with E-state index in [-0.39, 0.29) is 58.9 Å². The van der Waals surface area contributed by atoms with Crippen molar-refractivity contribution >= 4 is 27.3 Å². The quantitative estimate of drug-likeness (QED) is 0.237. The van der Waals surface area contributed by atoms with Gasteiger partial charge in [-0.05, 0) is 49.3 Å². The SMILES string of the molecule is CC(C)CC(=O)c1c(-c2cccc(OC(F)(F)F)c2)sc2c1c(=O)n(CCCOC1CCCCO1)c(=O)n2C. The molecular weight excluding hydrogens is 537 g/mol. The Morgan fingerprint density at radius 2 is 2.00 bits per heavy atom. The number of hydrogen-bond acceptors (Lipinski definition) is 7. The van der Waals surface area contributed by atoms with Gasteiger partial charge in [-0.2, -0.15) is 0 Å². The van der Waals surface area contributed by atoms with Crippen molar-refractivity contribution in [2.45, 2.75) is 65.1 Å². The molecular formula is C27H31F3N2O6S. The first-order valence-corrected chi connectivity index (χ1v) is 13.7. The van der Waals surface area contributed by atoms with Crippen molar-refractivity contribution < 1.29 is 32.2 Å². The number of aryl methyl sites for hydroxylation is 1. The molecule has 1 fully saturated rings. The predicted octanol–water partition coefficient (Wildman–Crippen LogP) is 5.49. The fourth-order valence-corrected chi connectivity index (χ4v) is 5.86. The normalized spacial score (nSPS) is 16.2. The van der Waals surface area contributed by atoms with Crippen LogP contribution in [0, 0.1) is 5.92 Å². The molecule has 12 heteroatoms. The van der Waals surface area contributed by atoms with Gasteiger partial charge in [0.25, 0.3) is 5.56 Å². The molecule has 3 aromatic rings. The summed E-state index contributed by atoms with van der Waals surface area (Å²) < 4.78 is 56.3. The summed E-state index contributed by atoms with van der Waals surface area (Å²) in [5.74, 6) is -0.810. The van der Waals surface area contributed by atoms with Gasteiger partial charge in [-0.1, -0.05) is 26.0 Å². The Hall–Kier alpha value is -2.96. The molecule has 8 nitrogen and oxygen atoms in total. The summed E-state index contributed by atoms with van der Waals surface area (Å²) in [5.41, 5.74) is -0.774. The van der Waals surface area contributed by atoms with Crippen LogP contribution in [0.2, 0.25) is 0 Å². The third kappa shape index (κ3) is 6.79. The van der Waals surface area contributed by atoms with Crippen molar-refractivity contribution in [3.63, 3.8) is 0 Å². The highest BCUT2D eigenvalue weighted by Gasteiger charge is 2.32. The average molecular weight is 569 g/mol. The van der Waals surface area contributed by atoms with Crippen molar-refractivity contribution in [1.29, 1.82) is 0 Å². The number of nitrogens with zero attached hydrogens (tertiary/aromatic N) is 2. The molecule has 0 amide bonds. The molecule has 1 saturated heterocycles.